The number of hydrogen-bond acceptors (Lipinski definition) is 2. The van der Waals surface area contributed by atoms with Crippen LogP contribution in [0.5, 0.6) is 0 Å². The monoisotopic (exact) mass is 300 g/mol. The van der Waals surface area contributed by atoms with Crippen LogP contribution in [0.2, 0.25) is 0 Å². The van der Waals surface area contributed by atoms with Crippen LogP contribution in [-0.4, -0.2) is 29.4 Å². The van der Waals surface area contributed by atoms with Crippen molar-refractivity contribution < 1.29 is 9.18 Å². The van der Waals surface area contributed by atoms with Crippen LogP contribution in [0.25, 0.3) is 0 Å². The molecular weight excluding hydrogens is 279 g/mol. The van der Waals surface area contributed by atoms with Crippen molar-refractivity contribution in [2.75, 3.05) is 13.6 Å². The van der Waals surface area contributed by atoms with Gasteiger partial charge in [0.1, 0.15) is 5.82 Å². The number of aromatic nitrogens is 1. The minimum atomic E-state index is -0.226. The van der Waals surface area contributed by atoms with Gasteiger partial charge in [0.25, 0.3) is 0 Å². The van der Waals surface area contributed by atoms with E-state index in [-0.39, 0.29) is 11.7 Å². The van der Waals surface area contributed by atoms with Crippen molar-refractivity contribution in [3.8, 4) is 0 Å². The molecule has 0 radical (unpaired) electrons. The Kier molecular flexibility index (Phi) is 6.07. The van der Waals surface area contributed by atoms with Gasteiger partial charge in [-0.25, -0.2) is 4.39 Å². The number of amides is 1. The molecule has 0 saturated heterocycles. The molecule has 116 valence electrons. The molecule has 0 fully saturated rings. The largest absolute Gasteiger partial charge is 0.345 e. The van der Waals surface area contributed by atoms with E-state index in [1.54, 1.807) is 29.4 Å². The molecule has 0 aliphatic rings. The second-order valence-corrected chi connectivity index (χ2v) is 5.40. The maximum atomic E-state index is 12.8. The lowest BCUT2D eigenvalue weighted by Gasteiger charge is -2.17. The topological polar surface area (TPSA) is 33.2 Å². The highest BCUT2D eigenvalue weighted by molar-refractivity contribution is 5.75. The van der Waals surface area contributed by atoms with Crippen molar-refractivity contribution in [2.45, 2.75) is 25.7 Å². The van der Waals surface area contributed by atoms with Gasteiger partial charge in [-0.05, 0) is 54.7 Å². The van der Waals surface area contributed by atoms with Crippen LogP contribution in [0.15, 0.2) is 48.8 Å². The van der Waals surface area contributed by atoms with E-state index in [0.29, 0.717) is 13.0 Å². The zero-order chi connectivity index (χ0) is 15.8. The molecule has 0 aliphatic carbocycles. The summed E-state index contributed by atoms with van der Waals surface area (Å²) < 4.78 is 12.8. The number of halogens is 1. The SMILES string of the molecule is CN(CCc1ccncc1)C(=O)CCCc1ccc(F)cc1. The average molecular weight is 300 g/mol. The normalized spacial score (nSPS) is 10.5. The lowest BCUT2D eigenvalue weighted by atomic mass is 10.1. The van der Waals surface area contributed by atoms with Crippen LogP contribution in [0.3, 0.4) is 0 Å². The molecule has 1 aromatic heterocycles. The van der Waals surface area contributed by atoms with Gasteiger partial charge in [0.15, 0.2) is 0 Å². The predicted octanol–water partition coefficient (Wildman–Crippen LogP) is 3.24. The summed E-state index contributed by atoms with van der Waals surface area (Å²) in [6, 6.07) is 10.4. The van der Waals surface area contributed by atoms with Crippen LogP contribution < -0.4 is 0 Å². The van der Waals surface area contributed by atoms with Gasteiger partial charge in [-0.1, -0.05) is 12.1 Å². The molecule has 1 aromatic carbocycles. The van der Waals surface area contributed by atoms with Gasteiger partial charge in [-0.15, -0.1) is 0 Å². The number of carbonyl (C=O) groups excluding carboxylic acids is 1. The summed E-state index contributed by atoms with van der Waals surface area (Å²) in [6.45, 7) is 0.708. The third-order valence-corrected chi connectivity index (χ3v) is 3.68. The highest BCUT2D eigenvalue weighted by Gasteiger charge is 2.08. The molecular formula is C18H21FN2O. The second kappa shape index (κ2) is 8.27. The maximum absolute atomic E-state index is 12.8. The Morgan fingerprint density at radius 1 is 1.05 bits per heavy atom. The zero-order valence-electron chi connectivity index (χ0n) is 12.8. The summed E-state index contributed by atoms with van der Waals surface area (Å²) in [5, 5.41) is 0. The molecule has 0 bridgehead atoms. The van der Waals surface area contributed by atoms with Gasteiger partial charge in [-0.3, -0.25) is 9.78 Å². The van der Waals surface area contributed by atoms with Crippen LogP contribution >= 0.6 is 0 Å². The van der Waals surface area contributed by atoms with E-state index in [2.05, 4.69) is 4.98 Å². The standard InChI is InChI=1S/C18H21FN2O/c1-21(14-11-16-9-12-20-13-10-16)18(22)4-2-3-15-5-7-17(19)8-6-15/h5-10,12-13H,2-4,11,14H2,1H3. The molecule has 0 saturated carbocycles. The van der Waals surface area contributed by atoms with E-state index < -0.39 is 0 Å². The molecule has 3 nitrogen and oxygen atoms in total. The Bertz CT molecular complexity index is 584. The molecule has 2 rings (SSSR count). The second-order valence-electron chi connectivity index (χ2n) is 5.40. The highest BCUT2D eigenvalue weighted by Crippen LogP contribution is 2.08. The Morgan fingerprint density at radius 2 is 1.68 bits per heavy atom. The molecule has 0 spiro atoms. The molecule has 0 N–H and O–H groups in total. The Balaban J connectivity index is 1.69. The molecule has 2 aromatic rings. The molecule has 1 heterocycles. The lowest BCUT2D eigenvalue weighted by molar-refractivity contribution is -0.129. The molecule has 4 heteroatoms. The van der Waals surface area contributed by atoms with Crippen LogP contribution in [0.1, 0.15) is 24.0 Å². The number of likely N-dealkylation sites (N-methyl/N-ethyl adjacent to an activating group) is 1. The van der Waals surface area contributed by atoms with Crippen molar-refractivity contribution in [3.63, 3.8) is 0 Å². The van der Waals surface area contributed by atoms with Crippen LogP contribution in [0, 0.1) is 5.82 Å². The van der Waals surface area contributed by atoms with Gasteiger partial charge in [0.2, 0.25) is 5.91 Å². The van der Waals surface area contributed by atoms with E-state index in [1.165, 1.54) is 17.7 Å². The third kappa shape index (κ3) is 5.28. The van der Waals surface area contributed by atoms with E-state index in [1.807, 2.05) is 19.2 Å². The first-order valence-electron chi connectivity index (χ1n) is 7.52. The van der Waals surface area contributed by atoms with Gasteiger partial charge >= 0.3 is 0 Å². The molecule has 22 heavy (non-hydrogen) atoms. The number of nitrogens with zero attached hydrogens (tertiary/aromatic N) is 2. The highest BCUT2D eigenvalue weighted by atomic mass is 19.1. The van der Waals surface area contributed by atoms with E-state index in [4.69, 9.17) is 0 Å². The van der Waals surface area contributed by atoms with Crippen molar-refractivity contribution >= 4 is 5.91 Å². The summed E-state index contributed by atoms with van der Waals surface area (Å²) in [6.07, 6.45) is 6.46. The minimum Gasteiger partial charge on any atom is -0.345 e. The van der Waals surface area contributed by atoms with Gasteiger partial charge in [0, 0.05) is 32.4 Å². The van der Waals surface area contributed by atoms with Crippen molar-refractivity contribution in [1.29, 1.82) is 0 Å². The number of benzene rings is 1. The molecule has 0 atom stereocenters. The first kappa shape index (κ1) is 16.1. The van der Waals surface area contributed by atoms with Gasteiger partial charge in [0.05, 0.1) is 0 Å². The van der Waals surface area contributed by atoms with Crippen LogP contribution in [-0.2, 0) is 17.6 Å². The van der Waals surface area contributed by atoms with Crippen LogP contribution in [0.4, 0.5) is 4.39 Å². The molecule has 0 unspecified atom stereocenters. The first-order valence-corrected chi connectivity index (χ1v) is 7.52. The van der Waals surface area contributed by atoms with Crippen molar-refractivity contribution in [1.82, 2.24) is 9.88 Å². The Labute approximate surface area is 130 Å². The van der Waals surface area contributed by atoms with Crippen molar-refractivity contribution in [3.05, 3.63) is 65.7 Å². The van der Waals surface area contributed by atoms with E-state index >= 15 is 0 Å². The molecule has 1 amide bonds. The smallest absolute Gasteiger partial charge is 0.222 e. The van der Waals surface area contributed by atoms with E-state index in [0.717, 1.165) is 24.8 Å². The summed E-state index contributed by atoms with van der Waals surface area (Å²) >= 11 is 0. The summed E-state index contributed by atoms with van der Waals surface area (Å²) in [7, 11) is 1.83. The lowest BCUT2D eigenvalue weighted by Crippen LogP contribution is -2.28. The number of aryl methyl sites for hydroxylation is 1. The fraction of sp³-hybridized carbons (Fsp3) is 0.333. The third-order valence-electron chi connectivity index (χ3n) is 3.68. The van der Waals surface area contributed by atoms with Gasteiger partial charge < -0.3 is 4.90 Å². The van der Waals surface area contributed by atoms with E-state index in [9.17, 15) is 9.18 Å². The quantitative estimate of drug-likeness (QED) is 0.786. The van der Waals surface area contributed by atoms with Gasteiger partial charge in [-0.2, -0.15) is 0 Å². The Hall–Kier alpha value is -2.23. The number of hydrogen-bond donors (Lipinski definition) is 0. The average Bonchev–Trinajstić information content (AvgIpc) is 2.55. The summed E-state index contributed by atoms with van der Waals surface area (Å²) in [4.78, 5) is 17.8. The number of rotatable bonds is 7. The number of pyridine rings is 1. The fourth-order valence-corrected chi connectivity index (χ4v) is 2.26. The zero-order valence-corrected chi connectivity index (χ0v) is 12.8. The predicted molar refractivity (Wildman–Crippen MR) is 84.9 cm³/mol. The first-order chi connectivity index (χ1) is 10.6. The minimum absolute atomic E-state index is 0.149. The summed E-state index contributed by atoms with van der Waals surface area (Å²) in [5.41, 5.74) is 2.25. The summed E-state index contributed by atoms with van der Waals surface area (Å²) in [5.74, 6) is -0.0770. The molecule has 0 aliphatic heterocycles. The number of carbonyl (C=O) groups is 1. The van der Waals surface area contributed by atoms with Crippen molar-refractivity contribution in [2.24, 2.45) is 0 Å². The fourth-order valence-electron chi connectivity index (χ4n) is 2.26. The maximum Gasteiger partial charge on any atom is 0.222 e. The Morgan fingerprint density at radius 3 is 2.36 bits per heavy atom.